The van der Waals surface area contributed by atoms with E-state index >= 15 is 0 Å². The molecule has 3 heterocycles. The first-order valence-corrected chi connectivity index (χ1v) is 14.4. The van der Waals surface area contributed by atoms with Crippen molar-refractivity contribution in [2.75, 3.05) is 6.61 Å². The van der Waals surface area contributed by atoms with Crippen molar-refractivity contribution in [2.45, 2.75) is 58.3 Å². The first-order chi connectivity index (χ1) is 19.5. The molecule has 1 aliphatic heterocycles. The van der Waals surface area contributed by atoms with Crippen LogP contribution in [0.15, 0.2) is 64.6 Å². The molecule has 0 radical (unpaired) electrons. The number of aromatic amines is 1. The topological polar surface area (TPSA) is 184 Å². The lowest BCUT2D eigenvalue weighted by atomic mass is 10.0. The average Bonchev–Trinajstić information content (AvgIpc) is 3.21. The summed E-state index contributed by atoms with van der Waals surface area (Å²) >= 11 is 0. The standard InChI is InChI=1S/C26H32N5O9P/c1-15(2)38-25(34)17(4)30-41(36,40-19-8-6-18(7-9-19)23-27-11-5-12-28-23)37-14-20-22(33)16(3)24(39-20)31-13-10-21(32)29-26(31)35/h5-13,15-17,20,22,24,33H,14H2,1-4H3,(H,30,36)(H,29,32,35)/t16-,17-,20+,22-,24+,41?/m0/s1. The highest BCUT2D eigenvalue weighted by Crippen LogP contribution is 2.46. The van der Waals surface area contributed by atoms with Crippen LogP contribution in [0, 0.1) is 5.92 Å². The Labute approximate surface area is 235 Å². The Morgan fingerprint density at radius 2 is 1.85 bits per heavy atom. The SMILES string of the molecule is CC(C)OC(=O)[C@H](C)NP(=O)(OC[C@H]1O[C@@H](n2ccc(=O)[nH]c2=O)[C@@H](C)[C@@H]1O)Oc1ccc(-c2ncccn2)cc1. The van der Waals surface area contributed by atoms with Gasteiger partial charge >= 0.3 is 19.4 Å². The van der Waals surface area contributed by atoms with E-state index in [1.54, 1.807) is 63.5 Å². The van der Waals surface area contributed by atoms with Crippen LogP contribution in [0.3, 0.4) is 0 Å². The highest BCUT2D eigenvalue weighted by Gasteiger charge is 2.44. The van der Waals surface area contributed by atoms with Gasteiger partial charge in [0, 0.05) is 36.1 Å². The number of rotatable bonds is 11. The molecule has 1 fully saturated rings. The molecule has 220 valence electrons. The molecule has 3 N–H and O–H groups in total. The molecule has 1 aromatic carbocycles. The zero-order valence-electron chi connectivity index (χ0n) is 22.9. The summed E-state index contributed by atoms with van der Waals surface area (Å²) in [6.45, 7) is 6.04. The molecule has 2 aromatic heterocycles. The smallest absolute Gasteiger partial charge is 0.459 e. The Morgan fingerprint density at radius 1 is 1.17 bits per heavy atom. The van der Waals surface area contributed by atoms with E-state index in [2.05, 4.69) is 20.0 Å². The maximum atomic E-state index is 13.9. The Kier molecular flexibility index (Phi) is 9.51. The van der Waals surface area contributed by atoms with Gasteiger partial charge in [0.2, 0.25) is 0 Å². The predicted octanol–water partition coefficient (Wildman–Crippen LogP) is 2.02. The minimum Gasteiger partial charge on any atom is -0.462 e. The van der Waals surface area contributed by atoms with E-state index in [1.165, 1.54) is 13.1 Å². The van der Waals surface area contributed by atoms with Crippen molar-refractivity contribution < 1.29 is 33.0 Å². The number of hydrogen-bond donors (Lipinski definition) is 3. The molecule has 1 saturated heterocycles. The van der Waals surface area contributed by atoms with E-state index in [9.17, 15) is 24.1 Å². The van der Waals surface area contributed by atoms with Crippen molar-refractivity contribution in [3.05, 3.63) is 75.8 Å². The van der Waals surface area contributed by atoms with Crippen molar-refractivity contribution in [1.82, 2.24) is 24.6 Å². The summed E-state index contributed by atoms with van der Waals surface area (Å²) in [4.78, 5) is 46.7. The van der Waals surface area contributed by atoms with Crippen LogP contribution >= 0.6 is 7.75 Å². The van der Waals surface area contributed by atoms with Gasteiger partial charge in [-0.25, -0.2) is 19.3 Å². The third-order valence-electron chi connectivity index (χ3n) is 6.18. The molecule has 0 amide bonds. The van der Waals surface area contributed by atoms with E-state index < -0.39 is 68.1 Å². The Hall–Kier alpha value is -3.68. The van der Waals surface area contributed by atoms with Crippen LogP contribution in [-0.2, 0) is 23.4 Å². The van der Waals surface area contributed by atoms with Gasteiger partial charge in [-0.3, -0.25) is 23.7 Å². The molecule has 0 aliphatic carbocycles. The zero-order valence-corrected chi connectivity index (χ0v) is 23.8. The van der Waals surface area contributed by atoms with Gasteiger partial charge in [-0.05, 0) is 51.1 Å². The van der Waals surface area contributed by atoms with Gasteiger partial charge in [0.1, 0.15) is 24.1 Å². The monoisotopic (exact) mass is 589 g/mol. The van der Waals surface area contributed by atoms with Crippen LogP contribution in [0.2, 0.25) is 0 Å². The van der Waals surface area contributed by atoms with E-state index in [1.807, 2.05) is 0 Å². The highest BCUT2D eigenvalue weighted by atomic mass is 31.2. The molecule has 14 nitrogen and oxygen atoms in total. The third-order valence-corrected chi connectivity index (χ3v) is 7.82. The van der Waals surface area contributed by atoms with Crippen LogP contribution < -0.4 is 20.9 Å². The number of ether oxygens (including phenoxy) is 2. The molecule has 41 heavy (non-hydrogen) atoms. The number of nitrogens with zero attached hydrogens (tertiary/aromatic N) is 3. The van der Waals surface area contributed by atoms with Crippen LogP contribution in [-0.4, -0.2) is 61.6 Å². The Balaban J connectivity index is 1.52. The van der Waals surface area contributed by atoms with Crippen molar-refractivity contribution in [3.63, 3.8) is 0 Å². The number of carbonyl (C=O) groups excluding carboxylic acids is 1. The van der Waals surface area contributed by atoms with Crippen molar-refractivity contribution in [1.29, 1.82) is 0 Å². The lowest BCUT2D eigenvalue weighted by Gasteiger charge is -2.25. The summed E-state index contributed by atoms with van der Waals surface area (Å²) in [5, 5.41) is 13.4. The van der Waals surface area contributed by atoms with Crippen LogP contribution in [0.1, 0.15) is 33.9 Å². The van der Waals surface area contributed by atoms with E-state index in [-0.39, 0.29) is 5.75 Å². The van der Waals surface area contributed by atoms with Gasteiger partial charge in [-0.2, -0.15) is 5.09 Å². The summed E-state index contributed by atoms with van der Waals surface area (Å²) in [6, 6.07) is 8.20. The second kappa shape index (κ2) is 12.9. The summed E-state index contributed by atoms with van der Waals surface area (Å²) in [7, 11) is -4.28. The number of hydrogen-bond acceptors (Lipinski definition) is 11. The van der Waals surface area contributed by atoms with E-state index in [0.29, 0.717) is 11.4 Å². The van der Waals surface area contributed by atoms with Crippen molar-refractivity contribution >= 4 is 13.7 Å². The molecular formula is C26H32N5O9P. The summed E-state index contributed by atoms with van der Waals surface area (Å²) in [5.74, 6) is -0.622. The summed E-state index contributed by atoms with van der Waals surface area (Å²) in [5.41, 5.74) is -0.591. The van der Waals surface area contributed by atoms with Crippen molar-refractivity contribution in [3.8, 4) is 17.1 Å². The van der Waals surface area contributed by atoms with Gasteiger partial charge in [-0.1, -0.05) is 6.92 Å². The first kappa shape index (κ1) is 30.3. The normalized spacial score (nSPS) is 22.7. The van der Waals surface area contributed by atoms with E-state index in [0.717, 1.165) is 10.6 Å². The van der Waals surface area contributed by atoms with Gasteiger partial charge < -0.3 is 19.1 Å². The second-order valence-corrected chi connectivity index (χ2v) is 11.4. The fraction of sp³-hybridized carbons (Fsp3) is 0.423. The lowest BCUT2D eigenvalue weighted by Crippen LogP contribution is -2.37. The maximum absolute atomic E-state index is 13.9. The minimum absolute atomic E-state index is 0.156. The third kappa shape index (κ3) is 7.54. The number of benzene rings is 1. The predicted molar refractivity (Wildman–Crippen MR) is 146 cm³/mol. The number of esters is 1. The molecule has 1 aliphatic rings. The average molecular weight is 590 g/mol. The largest absolute Gasteiger partial charge is 0.462 e. The Morgan fingerprint density at radius 3 is 2.49 bits per heavy atom. The van der Waals surface area contributed by atoms with Crippen LogP contribution in [0.25, 0.3) is 11.4 Å². The summed E-state index contributed by atoms with van der Waals surface area (Å²) in [6.07, 6.45) is 0.995. The van der Waals surface area contributed by atoms with Gasteiger partial charge in [0.05, 0.1) is 18.8 Å². The zero-order chi connectivity index (χ0) is 29.7. The molecule has 0 bridgehead atoms. The highest BCUT2D eigenvalue weighted by molar-refractivity contribution is 7.52. The number of carbonyl (C=O) groups is 1. The molecule has 0 spiro atoms. The van der Waals surface area contributed by atoms with E-state index in [4.69, 9.17) is 18.5 Å². The molecule has 0 saturated carbocycles. The molecule has 3 aromatic rings. The molecular weight excluding hydrogens is 557 g/mol. The number of aliphatic hydroxyl groups is 1. The van der Waals surface area contributed by atoms with Gasteiger partial charge in [0.15, 0.2) is 5.82 Å². The molecule has 6 atom stereocenters. The Bertz CT molecular complexity index is 1500. The van der Waals surface area contributed by atoms with Gasteiger partial charge in [0.25, 0.3) is 5.56 Å². The van der Waals surface area contributed by atoms with Crippen molar-refractivity contribution in [2.24, 2.45) is 5.92 Å². The number of H-pyrrole nitrogens is 1. The summed E-state index contributed by atoms with van der Waals surface area (Å²) < 4.78 is 37.5. The van der Waals surface area contributed by atoms with Gasteiger partial charge in [-0.15, -0.1) is 0 Å². The number of aromatic nitrogens is 4. The lowest BCUT2D eigenvalue weighted by molar-refractivity contribution is -0.149. The molecule has 1 unspecified atom stereocenters. The maximum Gasteiger partial charge on any atom is 0.459 e. The first-order valence-electron chi connectivity index (χ1n) is 12.9. The number of aliphatic hydroxyl groups excluding tert-OH is 1. The van der Waals surface area contributed by atoms with Crippen LogP contribution in [0.4, 0.5) is 0 Å². The minimum atomic E-state index is -4.28. The molecule has 15 heteroatoms. The van der Waals surface area contributed by atoms with Crippen LogP contribution in [0.5, 0.6) is 5.75 Å². The fourth-order valence-electron chi connectivity index (χ4n) is 4.11. The second-order valence-electron chi connectivity index (χ2n) is 9.75. The molecule has 4 rings (SSSR count). The quantitative estimate of drug-likeness (QED) is 0.219. The fourth-order valence-corrected chi connectivity index (χ4v) is 5.61. The number of nitrogens with one attached hydrogen (secondary N) is 2.